The Morgan fingerprint density at radius 1 is 1.35 bits per heavy atom. The largest absolute Gasteiger partial charge is 0.347 e. The molecule has 23 heavy (non-hydrogen) atoms. The molecule has 2 N–H and O–H groups in total. The van der Waals surface area contributed by atoms with Gasteiger partial charge in [0.1, 0.15) is 4.90 Å². The van der Waals surface area contributed by atoms with Crippen LogP contribution < -0.4 is 10.0 Å². The summed E-state index contributed by atoms with van der Waals surface area (Å²) >= 11 is 0. The summed E-state index contributed by atoms with van der Waals surface area (Å²) in [5, 5.41) is 4.17. The minimum absolute atomic E-state index is 0. The van der Waals surface area contributed by atoms with E-state index in [0.29, 0.717) is 17.5 Å². The summed E-state index contributed by atoms with van der Waals surface area (Å²) < 4.78 is 30.1. The average molecular weight is 358 g/mol. The van der Waals surface area contributed by atoms with Gasteiger partial charge in [-0.05, 0) is 38.8 Å². The summed E-state index contributed by atoms with van der Waals surface area (Å²) in [7, 11) is -1.59. The van der Waals surface area contributed by atoms with E-state index in [1.54, 1.807) is 0 Å². The fourth-order valence-electron chi connectivity index (χ4n) is 3.27. The standard InChI is InChI=1S/C16H23N3O2S.ClH/c1-12-16(14-7-3-4-8-15(14)19(12)2)22(20,21)18-11-9-13-6-5-10-17-13;/h3-4,7-8,13,17-18H,5-6,9-11H2,1-2H3;1H/t13-;/m1./s1. The van der Waals surface area contributed by atoms with Crippen molar-refractivity contribution in [2.24, 2.45) is 7.05 Å². The molecule has 128 valence electrons. The van der Waals surface area contributed by atoms with Crippen LogP contribution in [0, 0.1) is 6.92 Å². The number of aromatic nitrogens is 1. The van der Waals surface area contributed by atoms with E-state index in [0.717, 1.165) is 36.0 Å². The van der Waals surface area contributed by atoms with Crippen LogP contribution in [0.1, 0.15) is 25.0 Å². The van der Waals surface area contributed by atoms with Crippen LogP contribution in [0.3, 0.4) is 0 Å². The van der Waals surface area contributed by atoms with Gasteiger partial charge in [-0.2, -0.15) is 0 Å². The zero-order chi connectivity index (χ0) is 15.7. The Kier molecular flexibility index (Phi) is 5.73. The molecule has 1 aromatic carbocycles. The van der Waals surface area contributed by atoms with Crippen molar-refractivity contribution in [3.8, 4) is 0 Å². The van der Waals surface area contributed by atoms with Crippen LogP contribution in [0.15, 0.2) is 29.2 Å². The number of nitrogens with zero attached hydrogens (tertiary/aromatic N) is 1. The maximum absolute atomic E-state index is 12.7. The lowest BCUT2D eigenvalue weighted by Gasteiger charge is -2.11. The molecule has 0 radical (unpaired) electrons. The lowest BCUT2D eigenvalue weighted by atomic mass is 10.2. The van der Waals surface area contributed by atoms with Gasteiger partial charge in [0.05, 0.1) is 0 Å². The van der Waals surface area contributed by atoms with E-state index >= 15 is 0 Å². The van der Waals surface area contributed by atoms with Crippen molar-refractivity contribution in [2.75, 3.05) is 13.1 Å². The third-order valence-electron chi connectivity index (χ3n) is 4.56. The Labute approximate surface area is 143 Å². The first-order valence-corrected chi connectivity index (χ1v) is 9.26. The summed E-state index contributed by atoms with van der Waals surface area (Å²) in [4.78, 5) is 0.407. The van der Waals surface area contributed by atoms with E-state index in [1.807, 2.05) is 42.8 Å². The first kappa shape index (κ1) is 18.3. The molecule has 2 aromatic rings. The molecule has 5 nitrogen and oxygen atoms in total. The Morgan fingerprint density at radius 2 is 2.09 bits per heavy atom. The predicted octanol–water partition coefficient (Wildman–Crippen LogP) is 2.33. The van der Waals surface area contributed by atoms with Gasteiger partial charge in [-0.1, -0.05) is 18.2 Å². The molecule has 0 bridgehead atoms. The fourth-order valence-corrected chi connectivity index (χ4v) is 4.79. The Morgan fingerprint density at radius 3 is 2.78 bits per heavy atom. The van der Waals surface area contributed by atoms with Crippen LogP contribution >= 0.6 is 12.4 Å². The van der Waals surface area contributed by atoms with Gasteiger partial charge < -0.3 is 9.88 Å². The Balaban J connectivity index is 0.00000192. The van der Waals surface area contributed by atoms with Crippen molar-refractivity contribution in [3.63, 3.8) is 0 Å². The number of hydrogen-bond acceptors (Lipinski definition) is 3. The van der Waals surface area contributed by atoms with E-state index in [2.05, 4.69) is 10.0 Å². The highest BCUT2D eigenvalue weighted by Crippen LogP contribution is 2.28. The van der Waals surface area contributed by atoms with Crippen LogP contribution in [0.25, 0.3) is 10.9 Å². The molecule has 2 heterocycles. The molecule has 1 aliphatic rings. The van der Waals surface area contributed by atoms with E-state index in [4.69, 9.17) is 0 Å². The molecular formula is C16H24ClN3O2S. The molecule has 1 aliphatic heterocycles. The fraction of sp³-hybridized carbons (Fsp3) is 0.500. The van der Waals surface area contributed by atoms with Crippen molar-refractivity contribution >= 4 is 33.3 Å². The van der Waals surface area contributed by atoms with Gasteiger partial charge in [0.2, 0.25) is 10.0 Å². The highest BCUT2D eigenvalue weighted by molar-refractivity contribution is 7.89. The smallest absolute Gasteiger partial charge is 0.242 e. The zero-order valence-corrected chi connectivity index (χ0v) is 15.1. The zero-order valence-electron chi connectivity index (χ0n) is 13.5. The predicted molar refractivity (Wildman–Crippen MR) is 95.7 cm³/mol. The number of para-hydroxylation sites is 1. The third-order valence-corrected chi connectivity index (χ3v) is 6.19. The second-order valence-electron chi connectivity index (χ2n) is 5.97. The topological polar surface area (TPSA) is 63.1 Å². The minimum Gasteiger partial charge on any atom is -0.347 e. The summed E-state index contributed by atoms with van der Waals surface area (Å²) in [6.07, 6.45) is 3.15. The number of fused-ring (bicyclic) bond motifs is 1. The van der Waals surface area contributed by atoms with Crippen molar-refractivity contribution in [1.29, 1.82) is 0 Å². The van der Waals surface area contributed by atoms with E-state index in [9.17, 15) is 8.42 Å². The maximum atomic E-state index is 12.7. The van der Waals surface area contributed by atoms with Crippen molar-refractivity contribution in [3.05, 3.63) is 30.0 Å². The van der Waals surface area contributed by atoms with Gasteiger partial charge in [0.15, 0.2) is 0 Å². The second kappa shape index (κ2) is 7.21. The lowest BCUT2D eigenvalue weighted by molar-refractivity contribution is 0.539. The number of rotatable bonds is 5. The second-order valence-corrected chi connectivity index (χ2v) is 7.67. The molecule has 3 rings (SSSR count). The van der Waals surface area contributed by atoms with Crippen molar-refractivity contribution in [2.45, 2.75) is 37.1 Å². The van der Waals surface area contributed by atoms with Crippen LogP contribution in [0.2, 0.25) is 0 Å². The maximum Gasteiger partial charge on any atom is 0.242 e. The average Bonchev–Trinajstić information content (AvgIpc) is 3.07. The summed E-state index contributed by atoms with van der Waals surface area (Å²) in [5.41, 5.74) is 1.71. The number of sulfonamides is 1. The number of hydrogen-bond donors (Lipinski definition) is 2. The minimum atomic E-state index is -3.49. The molecule has 1 atom stereocenters. The molecule has 0 aliphatic carbocycles. The molecule has 0 saturated carbocycles. The molecule has 7 heteroatoms. The molecule has 1 fully saturated rings. The number of aryl methyl sites for hydroxylation is 1. The highest BCUT2D eigenvalue weighted by atomic mass is 35.5. The van der Waals surface area contributed by atoms with Crippen molar-refractivity contribution in [1.82, 2.24) is 14.6 Å². The van der Waals surface area contributed by atoms with Crippen LogP contribution in [-0.4, -0.2) is 32.1 Å². The van der Waals surface area contributed by atoms with Gasteiger partial charge in [-0.25, -0.2) is 13.1 Å². The molecule has 1 saturated heterocycles. The Bertz CT molecular complexity index is 780. The summed E-state index contributed by atoms with van der Waals surface area (Å²) in [5.74, 6) is 0. The lowest BCUT2D eigenvalue weighted by Crippen LogP contribution is -2.30. The third kappa shape index (κ3) is 3.55. The van der Waals surface area contributed by atoms with Gasteiger partial charge >= 0.3 is 0 Å². The van der Waals surface area contributed by atoms with E-state index in [-0.39, 0.29) is 12.4 Å². The molecular weight excluding hydrogens is 334 g/mol. The van der Waals surface area contributed by atoms with Gasteiger partial charge in [-0.3, -0.25) is 0 Å². The van der Waals surface area contributed by atoms with Gasteiger partial charge in [0, 0.05) is 36.2 Å². The number of nitrogens with one attached hydrogen (secondary N) is 2. The summed E-state index contributed by atoms with van der Waals surface area (Å²) in [6, 6.07) is 8.07. The Hall–Kier alpha value is -1.08. The van der Waals surface area contributed by atoms with Gasteiger partial charge in [0.25, 0.3) is 0 Å². The first-order valence-electron chi connectivity index (χ1n) is 7.78. The normalized spacial score (nSPS) is 18.3. The number of benzene rings is 1. The van der Waals surface area contributed by atoms with Gasteiger partial charge in [-0.15, -0.1) is 12.4 Å². The van der Waals surface area contributed by atoms with E-state index < -0.39 is 10.0 Å². The molecule has 1 aromatic heterocycles. The first-order chi connectivity index (χ1) is 10.5. The quantitative estimate of drug-likeness (QED) is 0.863. The molecule has 0 spiro atoms. The molecule has 0 amide bonds. The molecule has 0 unspecified atom stereocenters. The monoisotopic (exact) mass is 357 g/mol. The number of halogens is 1. The van der Waals surface area contributed by atoms with Crippen molar-refractivity contribution < 1.29 is 8.42 Å². The SMILES string of the molecule is Cc1c(S(=O)(=O)NCC[C@H]2CCCN2)c2ccccc2n1C.Cl. The van der Waals surface area contributed by atoms with E-state index in [1.165, 1.54) is 6.42 Å². The van der Waals surface area contributed by atoms with Crippen LogP contribution in [0.5, 0.6) is 0 Å². The van der Waals surface area contributed by atoms with Crippen LogP contribution in [-0.2, 0) is 17.1 Å². The highest BCUT2D eigenvalue weighted by Gasteiger charge is 2.24. The summed E-state index contributed by atoms with van der Waals surface area (Å²) in [6.45, 7) is 3.37. The van der Waals surface area contributed by atoms with Crippen LogP contribution in [0.4, 0.5) is 0 Å².